The number of methoxy groups -OCH3 is 1. The van der Waals surface area contributed by atoms with E-state index in [9.17, 15) is 18.0 Å². The van der Waals surface area contributed by atoms with Crippen molar-refractivity contribution in [2.75, 3.05) is 12.4 Å². The van der Waals surface area contributed by atoms with Gasteiger partial charge in [0.25, 0.3) is 0 Å². The number of carbonyl (C=O) groups is 1. The van der Waals surface area contributed by atoms with Crippen LogP contribution in [0.5, 0.6) is 0 Å². The molecular formula is C14H18F3NO2. The number of carbonyl (C=O) groups excluding carboxylic acids is 1. The van der Waals surface area contributed by atoms with E-state index in [1.165, 1.54) is 32.2 Å². The summed E-state index contributed by atoms with van der Waals surface area (Å²) in [7, 11) is 1.22. The van der Waals surface area contributed by atoms with Crippen molar-refractivity contribution in [2.24, 2.45) is 0 Å². The Morgan fingerprint density at radius 3 is 2.40 bits per heavy atom. The van der Waals surface area contributed by atoms with E-state index in [1.807, 2.05) is 6.92 Å². The summed E-state index contributed by atoms with van der Waals surface area (Å²) in [5, 5.41) is 2.69. The maximum Gasteiger partial charge on any atom is 0.418 e. The second-order valence-corrected chi connectivity index (χ2v) is 4.74. The first-order valence-electron chi connectivity index (χ1n) is 6.27. The summed E-state index contributed by atoms with van der Waals surface area (Å²) in [5.74, 6) is -0.587. The molecule has 0 radical (unpaired) electrons. The number of halogens is 3. The lowest BCUT2D eigenvalue weighted by atomic mass is 9.95. The highest BCUT2D eigenvalue weighted by molar-refractivity contribution is 5.84. The summed E-state index contributed by atoms with van der Waals surface area (Å²) in [6.07, 6.45) is -3.48. The quantitative estimate of drug-likeness (QED) is 0.837. The fourth-order valence-electron chi connectivity index (χ4n) is 2.08. The van der Waals surface area contributed by atoms with E-state index in [2.05, 4.69) is 10.1 Å². The number of esters is 1. The lowest BCUT2D eigenvalue weighted by Crippen LogP contribution is -2.44. The van der Waals surface area contributed by atoms with Crippen LogP contribution in [0.15, 0.2) is 24.3 Å². The van der Waals surface area contributed by atoms with Crippen molar-refractivity contribution in [3.05, 3.63) is 29.8 Å². The minimum atomic E-state index is -4.48. The van der Waals surface area contributed by atoms with Gasteiger partial charge in [-0.15, -0.1) is 0 Å². The molecule has 0 aliphatic rings. The van der Waals surface area contributed by atoms with Gasteiger partial charge in [-0.05, 0) is 25.5 Å². The van der Waals surface area contributed by atoms with Gasteiger partial charge >= 0.3 is 12.1 Å². The van der Waals surface area contributed by atoms with Gasteiger partial charge < -0.3 is 10.1 Å². The van der Waals surface area contributed by atoms with Gasteiger partial charge in [0, 0.05) is 5.69 Å². The lowest BCUT2D eigenvalue weighted by molar-refractivity contribution is -0.146. The van der Waals surface area contributed by atoms with Gasteiger partial charge in [-0.2, -0.15) is 13.2 Å². The van der Waals surface area contributed by atoms with Crippen LogP contribution in [0.4, 0.5) is 18.9 Å². The lowest BCUT2D eigenvalue weighted by Gasteiger charge is -2.30. The summed E-state index contributed by atoms with van der Waals surface area (Å²) >= 11 is 0. The highest BCUT2D eigenvalue weighted by Gasteiger charge is 2.38. The van der Waals surface area contributed by atoms with Gasteiger partial charge in [0.15, 0.2) is 0 Å². The van der Waals surface area contributed by atoms with Crippen molar-refractivity contribution < 1.29 is 22.7 Å². The molecule has 0 fully saturated rings. The first kappa shape index (κ1) is 16.3. The van der Waals surface area contributed by atoms with Gasteiger partial charge in [0.05, 0.1) is 12.7 Å². The number of alkyl halides is 3. The molecule has 1 aromatic carbocycles. The number of anilines is 1. The van der Waals surface area contributed by atoms with Crippen molar-refractivity contribution in [1.29, 1.82) is 0 Å². The number of hydrogen-bond acceptors (Lipinski definition) is 3. The van der Waals surface area contributed by atoms with E-state index < -0.39 is 23.2 Å². The van der Waals surface area contributed by atoms with Crippen LogP contribution in [0, 0.1) is 0 Å². The molecule has 112 valence electrons. The van der Waals surface area contributed by atoms with E-state index >= 15 is 0 Å². The van der Waals surface area contributed by atoms with E-state index in [1.54, 1.807) is 0 Å². The molecule has 0 amide bonds. The minimum Gasteiger partial charge on any atom is -0.467 e. The molecule has 0 saturated heterocycles. The summed E-state index contributed by atoms with van der Waals surface area (Å²) < 4.78 is 43.5. The normalized spacial score (nSPS) is 14.5. The van der Waals surface area contributed by atoms with Crippen molar-refractivity contribution >= 4 is 11.7 Å². The molecule has 1 unspecified atom stereocenters. The number of benzene rings is 1. The monoisotopic (exact) mass is 289 g/mol. The number of ether oxygens (including phenoxy) is 1. The summed E-state index contributed by atoms with van der Waals surface area (Å²) in [6.45, 7) is 3.38. The van der Waals surface area contributed by atoms with E-state index in [0.29, 0.717) is 12.8 Å². The Hall–Kier alpha value is -1.72. The maximum atomic E-state index is 12.9. The molecule has 3 nitrogen and oxygen atoms in total. The van der Waals surface area contributed by atoms with Gasteiger partial charge in [-0.1, -0.05) is 25.5 Å². The number of para-hydroxylation sites is 1. The third kappa shape index (κ3) is 3.65. The van der Waals surface area contributed by atoms with Crippen LogP contribution in [-0.2, 0) is 15.7 Å². The average molecular weight is 289 g/mol. The zero-order valence-electron chi connectivity index (χ0n) is 11.7. The van der Waals surface area contributed by atoms with Crippen LogP contribution in [0.25, 0.3) is 0 Å². The van der Waals surface area contributed by atoms with Crippen LogP contribution in [0.1, 0.15) is 32.3 Å². The first-order valence-corrected chi connectivity index (χ1v) is 6.27. The Bertz CT molecular complexity index is 474. The van der Waals surface area contributed by atoms with E-state index in [-0.39, 0.29) is 5.69 Å². The number of rotatable bonds is 5. The Morgan fingerprint density at radius 1 is 1.30 bits per heavy atom. The second kappa shape index (κ2) is 6.15. The molecule has 1 aromatic rings. The van der Waals surface area contributed by atoms with Crippen LogP contribution in [-0.4, -0.2) is 18.6 Å². The molecule has 0 bridgehead atoms. The summed E-state index contributed by atoms with van der Waals surface area (Å²) in [4.78, 5) is 11.8. The van der Waals surface area contributed by atoms with Crippen LogP contribution >= 0.6 is 0 Å². The Morgan fingerprint density at radius 2 is 1.90 bits per heavy atom. The standard InChI is InChI=1S/C14H18F3NO2/c1-4-9-13(2,12(19)20-3)18-11-8-6-5-7-10(11)14(15,16)17/h5-8,18H,4,9H2,1-3H3. The minimum absolute atomic E-state index is 0.124. The van der Waals surface area contributed by atoms with Crippen molar-refractivity contribution in [3.63, 3.8) is 0 Å². The highest BCUT2D eigenvalue weighted by Crippen LogP contribution is 2.36. The molecule has 1 rings (SSSR count). The predicted octanol–water partition coefficient (Wildman–Crippen LogP) is 3.85. The zero-order valence-corrected chi connectivity index (χ0v) is 11.7. The molecule has 0 heterocycles. The van der Waals surface area contributed by atoms with Crippen molar-refractivity contribution in [2.45, 2.75) is 38.4 Å². The molecule has 20 heavy (non-hydrogen) atoms. The molecule has 6 heteroatoms. The smallest absolute Gasteiger partial charge is 0.418 e. The van der Waals surface area contributed by atoms with Gasteiger partial charge in [-0.25, -0.2) is 4.79 Å². The maximum absolute atomic E-state index is 12.9. The summed E-state index contributed by atoms with van der Waals surface area (Å²) in [6, 6.07) is 5.08. The van der Waals surface area contributed by atoms with Crippen LogP contribution in [0.3, 0.4) is 0 Å². The Balaban J connectivity index is 3.16. The largest absolute Gasteiger partial charge is 0.467 e. The van der Waals surface area contributed by atoms with Gasteiger partial charge in [0.2, 0.25) is 0 Å². The fourth-order valence-corrected chi connectivity index (χ4v) is 2.08. The van der Waals surface area contributed by atoms with Crippen molar-refractivity contribution in [1.82, 2.24) is 0 Å². The molecule has 1 N–H and O–H groups in total. The van der Waals surface area contributed by atoms with Crippen LogP contribution in [0.2, 0.25) is 0 Å². The summed E-state index contributed by atoms with van der Waals surface area (Å²) in [5.41, 5.74) is -2.11. The zero-order chi connectivity index (χ0) is 15.4. The molecule has 0 aromatic heterocycles. The topological polar surface area (TPSA) is 38.3 Å². The number of hydrogen-bond donors (Lipinski definition) is 1. The third-order valence-corrected chi connectivity index (χ3v) is 3.03. The third-order valence-electron chi connectivity index (χ3n) is 3.03. The van der Waals surface area contributed by atoms with Gasteiger partial charge in [-0.3, -0.25) is 0 Å². The second-order valence-electron chi connectivity index (χ2n) is 4.74. The molecular weight excluding hydrogens is 271 g/mol. The molecule has 1 atom stereocenters. The first-order chi connectivity index (χ1) is 9.24. The van der Waals surface area contributed by atoms with Crippen LogP contribution < -0.4 is 5.32 Å². The SMILES string of the molecule is CCCC(C)(Nc1ccccc1C(F)(F)F)C(=O)OC. The fraction of sp³-hybridized carbons (Fsp3) is 0.500. The molecule has 0 spiro atoms. The van der Waals surface area contributed by atoms with E-state index in [0.717, 1.165) is 6.07 Å². The predicted molar refractivity (Wildman–Crippen MR) is 70.4 cm³/mol. The Kier molecular flexibility index (Phi) is 5.03. The highest BCUT2D eigenvalue weighted by atomic mass is 19.4. The van der Waals surface area contributed by atoms with Gasteiger partial charge in [0.1, 0.15) is 5.54 Å². The van der Waals surface area contributed by atoms with E-state index in [4.69, 9.17) is 0 Å². The molecule has 0 saturated carbocycles. The Labute approximate surface area is 116 Å². The average Bonchev–Trinajstić information content (AvgIpc) is 2.37. The van der Waals surface area contributed by atoms with Crippen molar-refractivity contribution in [3.8, 4) is 0 Å². The number of nitrogens with one attached hydrogen (secondary N) is 1. The molecule has 0 aliphatic carbocycles. The molecule has 0 aliphatic heterocycles.